The third-order valence-corrected chi connectivity index (χ3v) is 8.01. The highest BCUT2D eigenvalue weighted by Crippen LogP contribution is 2.28. The average Bonchev–Trinajstić information content (AvgIpc) is 2.92. The van der Waals surface area contributed by atoms with E-state index < -0.39 is 28.5 Å². The lowest BCUT2D eigenvalue weighted by Gasteiger charge is -2.26. The van der Waals surface area contributed by atoms with Crippen LogP contribution < -0.4 is 14.4 Å². The van der Waals surface area contributed by atoms with Gasteiger partial charge in [-0.3, -0.25) is 9.10 Å². The monoisotopic (exact) mass is 548 g/mol. The first kappa shape index (κ1) is 27.2. The molecule has 0 bridgehead atoms. The summed E-state index contributed by atoms with van der Waals surface area (Å²) in [7, 11) is -4.09. The minimum absolute atomic E-state index is 0.0294. The number of carbonyl (C=O) groups is 1. The predicted octanol–water partition coefficient (Wildman–Crippen LogP) is 6.15. The summed E-state index contributed by atoms with van der Waals surface area (Å²) in [6.07, 6.45) is 0. The molecule has 1 amide bonds. The number of benzene rings is 4. The summed E-state index contributed by atoms with van der Waals surface area (Å²) in [5, 5.41) is 3.46. The second-order valence-corrected chi connectivity index (χ2v) is 11.0. The Bertz CT molecular complexity index is 1460. The van der Waals surface area contributed by atoms with Crippen LogP contribution >= 0.6 is 11.6 Å². The van der Waals surface area contributed by atoms with Gasteiger partial charge in [0.25, 0.3) is 10.0 Å². The fraction of sp³-hybridized carbons (Fsp3) is 0.167. The summed E-state index contributed by atoms with van der Waals surface area (Å²) in [5.41, 5.74) is 3.22. The molecule has 0 aliphatic carbocycles. The van der Waals surface area contributed by atoms with Crippen molar-refractivity contribution in [3.05, 3.63) is 125 Å². The van der Waals surface area contributed by atoms with Gasteiger partial charge in [0.05, 0.1) is 23.2 Å². The summed E-state index contributed by atoms with van der Waals surface area (Å²) in [4.78, 5) is 13.5. The van der Waals surface area contributed by atoms with Gasteiger partial charge in [-0.1, -0.05) is 71.8 Å². The van der Waals surface area contributed by atoms with Gasteiger partial charge in [0, 0.05) is 5.02 Å². The molecule has 196 valence electrons. The summed E-state index contributed by atoms with van der Waals surface area (Å²) in [5.74, 6) is 0.152. The standard InChI is InChI=1S/C30H29ClN2O4S/c1-3-37-27-17-15-26(16-18-27)33(38(35,36)28-19-13-25(31)14-20-28)21-29(34)32-30(23-7-5-4-6-8-23)24-11-9-22(2)10-12-24/h4-20,30H,3,21H2,1-2H3,(H,32,34)/t30-/m1/s1. The molecule has 8 heteroatoms. The van der Waals surface area contributed by atoms with E-state index in [0.717, 1.165) is 21.0 Å². The van der Waals surface area contributed by atoms with Crippen LogP contribution in [0.25, 0.3) is 0 Å². The SMILES string of the molecule is CCOc1ccc(N(CC(=O)N[C@H](c2ccccc2)c2ccc(C)cc2)S(=O)(=O)c2ccc(Cl)cc2)cc1. The molecule has 4 aromatic rings. The molecule has 0 radical (unpaired) electrons. The van der Waals surface area contributed by atoms with E-state index in [4.69, 9.17) is 16.3 Å². The molecule has 0 saturated carbocycles. The van der Waals surface area contributed by atoms with E-state index >= 15 is 0 Å². The molecule has 0 spiro atoms. The molecule has 4 rings (SSSR count). The third-order valence-electron chi connectivity index (χ3n) is 5.97. The summed E-state index contributed by atoms with van der Waals surface area (Å²) in [6, 6.07) is 29.5. The number of halogens is 1. The topological polar surface area (TPSA) is 75.7 Å². The number of nitrogens with zero attached hydrogens (tertiary/aromatic N) is 1. The molecule has 0 saturated heterocycles. The molecule has 6 nitrogen and oxygen atoms in total. The van der Waals surface area contributed by atoms with Crippen molar-refractivity contribution in [3.63, 3.8) is 0 Å². The van der Waals surface area contributed by atoms with Gasteiger partial charge in [-0.15, -0.1) is 0 Å². The molecule has 38 heavy (non-hydrogen) atoms. The van der Waals surface area contributed by atoms with Gasteiger partial charge in [-0.25, -0.2) is 8.42 Å². The van der Waals surface area contributed by atoms with Gasteiger partial charge in [0.2, 0.25) is 5.91 Å². The maximum Gasteiger partial charge on any atom is 0.264 e. The van der Waals surface area contributed by atoms with Crippen molar-refractivity contribution < 1.29 is 17.9 Å². The Morgan fingerprint density at radius 1 is 0.868 bits per heavy atom. The Morgan fingerprint density at radius 3 is 2.08 bits per heavy atom. The van der Waals surface area contributed by atoms with Crippen molar-refractivity contribution in [2.75, 3.05) is 17.5 Å². The van der Waals surface area contributed by atoms with Crippen molar-refractivity contribution in [2.45, 2.75) is 24.8 Å². The van der Waals surface area contributed by atoms with E-state index in [2.05, 4.69) is 5.32 Å². The number of amides is 1. The van der Waals surface area contributed by atoms with Gasteiger partial charge in [-0.05, 0) is 73.5 Å². The Labute approximate surface area is 228 Å². The number of hydrogen-bond acceptors (Lipinski definition) is 4. The zero-order valence-electron chi connectivity index (χ0n) is 21.2. The molecule has 0 unspecified atom stereocenters. The van der Waals surface area contributed by atoms with Gasteiger partial charge < -0.3 is 10.1 Å². The van der Waals surface area contributed by atoms with Crippen LogP contribution in [0.1, 0.15) is 29.7 Å². The van der Waals surface area contributed by atoms with Crippen molar-refractivity contribution in [2.24, 2.45) is 0 Å². The Morgan fingerprint density at radius 2 is 1.47 bits per heavy atom. The van der Waals surface area contributed by atoms with Gasteiger partial charge >= 0.3 is 0 Å². The number of aryl methyl sites for hydroxylation is 1. The number of anilines is 1. The van der Waals surface area contributed by atoms with Crippen molar-refractivity contribution in [1.29, 1.82) is 0 Å². The molecular weight excluding hydrogens is 520 g/mol. The van der Waals surface area contributed by atoms with E-state index in [-0.39, 0.29) is 4.90 Å². The molecule has 0 heterocycles. The number of carbonyl (C=O) groups excluding carboxylic acids is 1. The van der Waals surface area contributed by atoms with Crippen LogP contribution in [-0.4, -0.2) is 27.5 Å². The Hall–Kier alpha value is -3.81. The normalized spacial score (nSPS) is 12.0. The largest absolute Gasteiger partial charge is 0.494 e. The van der Waals surface area contributed by atoms with Crippen LogP contribution in [0.2, 0.25) is 5.02 Å². The van der Waals surface area contributed by atoms with Crippen molar-refractivity contribution in [3.8, 4) is 5.75 Å². The first-order valence-corrected chi connectivity index (χ1v) is 14.0. The van der Waals surface area contributed by atoms with Gasteiger partial charge in [0.15, 0.2) is 0 Å². The van der Waals surface area contributed by atoms with Crippen molar-refractivity contribution >= 4 is 33.2 Å². The number of ether oxygens (including phenoxy) is 1. The smallest absolute Gasteiger partial charge is 0.264 e. The minimum Gasteiger partial charge on any atom is -0.494 e. The number of sulfonamides is 1. The highest BCUT2D eigenvalue weighted by molar-refractivity contribution is 7.92. The summed E-state index contributed by atoms with van der Waals surface area (Å²) >= 11 is 5.99. The predicted molar refractivity (Wildman–Crippen MR) is 151 cm³/mol. The van der Waals surface area contributed by atoms with Crippen LogP contribution in [0.4, 0.5) is 5.69 Å². The number of rotatable bonds is 10. The molecule has 0 aliphatic heterocycles. The number of nitrogens with one attached hydrogen (secondary N) is 1. The Balaban J connectivity index is 1.67. The first-order valence-electron chi connectivity index (χ1n) is 12.2. The molecular formula is C30H29ClN2O4S. The number of hydrogen-bond donors (Lipinski definition) is 1. The zero-order valence-corrected chi connectivity index (χ0v) is 22.7. The summed E-state index contributed by atoms with van der Waals surface area (Å²) < 4.78 is 34.0. The second-order valence-electron chi connectivity index (χ2n) is 8.71. The lowest BCUT2D eigenvalue weighted by molar-refractivity contribution is -0.120. The molecule has 4 aromatic carbocycles. The Kier molecular flexibility index (Phi) is 8.71. The fourth-order valence-electron chi connectivity index (χ4n) is 4.02. The maximum absolute atomic E-state index is 13.7. The van der Waals surface area contributed by atoms with Gasteiger partial charge in [-0.2, -0.15) is 0 Å². The van der Waals surface area contributed by atoms with E-state index in [1.807, 2.05) is 68.4 Å². The average molecular weight is 549 g/mol. The second kappa shape index (κ2) is 12.2. The molecule has 1 atom stereocenters. The summed E-state index contributed by atoms with van der Waals surface area (Å²) in [6.45, 7) is 3.92. The third kappa shape index (κ3) is 6.54. The van der Waals surface area contributed by atoms with Crippen LogP contribution in [0.5, 0.6) is 5.75 Å². The lowest BCUT2D eigenvalue weighted by Crippen LogP contribution is -2.42. The highest BCUT2D eigenvalue weighted by atomic mass is 35.5. The molecule has 0 aliphatic rings. The van der Waals surface area contributed by atoms with E-state index in [1.165, 1.54) is 24.3 Å². The minimum atomic E-state index is -4.09. The lowest BCUT2D eigenvalue weighted by atomic mass is 9.98. The van der Waals surface area contributed by atoms with Crippen LogP contribution in [0.15, 0.2) is 108 Å². The maximum atomic E-state index is 13.7. The molecule has 1 N–H and O–H groups in total. The molecule has 0 fully saturated rings. The van der Waals surface area contributed by atoms with Crippen LogP contribution in [-0.2, 0) is 14.8 Å². The quantitative estimate of drug-likeness (QED) is 0.258. The van der Waals surface area contributed by atoms with E-state index in [0.29, 0.717) is 23.1 Å². The molecule has 0 aromatic heterocycles. The van der Waals surface area contributed by atoms with Crippen molar-refractivity contribution in [1.82, 2.24) is 5.32 Å². The van der Waals surface area contributed by atoms with E-state index in [1.54, 1.807) is 24.3 Å². The van der Waals surface area contributed by atoms with E-state index in [9.17, 15) is 13.2 Å². The zero-order chi connectivity index (χ0) is 27.1. The fourth-order valence-corrected chi connectivity index (χ4v) is 5.57. The van der Waals surface area contributed by atoms with Crippen LogP contribution in [0.3, 0.4) is 0 Å². The van der Waals surface area contributed by atoms with Gasteiger partial charge in [0.1, 0.15) is 12.3 Å². The van der Waals surface area contributed by atoms with Crippen LogP contribution in [0, 0.1) is 6.92 Å². The highest BCUT2D eigenvalue weighted by Gasteiger charge is 2.28. The first-order chi connectivity index (χ1) is 18.3.